The minimum atomic E-state index is -0.251. The molecular weight excluding hydrogens is 332 g/mol. The van der Waals surface area contributed by atoms with Crippen LogP contribution in [0.15, 0.2) is 18.6 Å². The highest BCUT2D eigenvalue weighted by molar-refractivity contribution is 5.79. The lowest BCUT2D eigenvalue weighted by Gasteiger charge is -2.33. The topological polar surface area (TPSA) is 80.3 Å². The number of pyridine rings is 1. The Hall–Kier alpha value is -2.41. The van der Waals surface area contributed by atoms with E-state index in [0.717, 1.165) is 41.0 Å². The number of aromatic amines is 1. The van der Waals surface area contributed by atoms with Crippen molar-refractivity contribution < 1.29 is 14.3 Å². The van der Waals surface area contributed by atoms with Crippen LogP contribution in [0.3, 0.4) is 0 Å². The number of hydrogen-bond donors (Lipinski definition) is 1. The van der Waals surface area contributed by atoms with E-state index in [2.05, 4.69) is 15.2 Å². The number of carbonyl (C=O) groups is 1. The Balaban J connectivity index is 1.77. The molecule has 2 aromatic heterocycles. The first kappa shape index (κ1) is 18.4. The van der Waals surface area contributed by atoms with Crippen LogP contribution in [0.4, 0.5) is 0 Å². The third kappa shape index (κ3) is 3.58. The van der Waals surface area contributed by atoms with Gasteiger partial charge in [-0.3, -0.25) is 14.9 Å². The number of nitrogens with zero attached hydrogens (tertiary/aromatic N) is 3. The molecule has 1 fully saturated rings. The summed E-state index contributed by atoms with van der Waals surface area (Å²) in [5, 5.41) is 6.79. The van der Waals surface area contributed by atoms with Crippen molar-refractivity contribution in [2.45, 2.75) is 39.3 Å². The van der Waals surface area contributed by atoms with Gasteiger partial charge in [-0.2, -0.15) is 5.10 Å². The highest BCUT2D eigenvalue weighted by atomic mass is 16.5. The van der Waals surface area contributed by atoms with Gasteiger partial charge in [-0.05, 0) is 26.7 Å². The van der Waals surface area contributed by atoms with Gasteiger partial charge in [0, 0.05) is 42.7 Å². The van der Waals surface area contributed by atoms with Crippen molar-refractivity contribution in [3.8, 4) is 5.75 Å². The highest BCUT2D eigenvalue weighted by Crippen LogP contribution is 2.34. The van der Waals surface area contributed by atoms with E-state index >= 15 is 0 Å². The lowest BCUT2D eigenvalue weighted by molar-refractivity contribution is -0.144. The minimum absolute atomic E-state index is 0.0663. The fourth-order valence-electron chi connectivity index (χ4n) is 3.60. The van der Waals surface area contributed by atoms with Crippen molar-refractivity contribution in [2.75, 3.05) is 20.8 Å². The number of rotatable bonds is 5. The summed E-state index contributed by atoms with van der Waals surface area (Å²) in [6.07, 6.45) is 6.76. The number of carbonyl (C=O) groups excluding carboxylic acids is 1. The molecule has 0 spiro atoms. The van der Waals surface area contributed by atoms with Crippen LogP contribution in [0.1, 0.15) is 41.3 Å². The van der Waals surface area contributed by atoms with Crippen LogP contribution in [-0.4, -0.2) is 46.8 Å². The predicted octanol–water partition coefficient (Wildman–Crippen LogP) is 2.56. The summed E-state index contributed by atoms with van der Waals surface area (Å²) in [5.74, 6) is 0.684. The van der Waals surface area contributed by atoms with Gasteiger partial charge in [-0.25, -0.2) is 0 Å². The third-order valence-corrected chi connectivity index (χ3v) is 5.00. The molecule has 1 aliphatic rings. The standard InChI is InChI=1S/C19H26N4O3/c1-12-8-20-16(13(2)17(12)25-4)11-23(3)19(24)15-6-5-7-26-18(15)14-9-21-22-10-14/h8-10,15,18H,5-7,11H2,1-4H3,(H,21,22)/t15-,18+/m1/s1. The molecule has 7 nitrogen and oxygen atoms in total. The van der Waals surface area contributed by atoms with E-state index in [0.29, 0.717) is 13.2 Å². The van der Waals surface area contributed by atoms with Gasteiger partial charge in [0.2, 0.25) is 5.91 Å². The van der Waals surface area contributed by atoms with Gasteiger partial charge in [-0.1, -0.05) is 0 Å². The molecule has 0 unspecified atom stereocenters. The second-order valence-corrected chi connectivity index (χ2v) is 6.81. The van der Waals surface area contributed by atoms with E-state index in [1.807, 2.05) is 20.9 Å². The summed E-state index contributed by atoms with van der Waals surface area (Å²) in [7, 11) is 3.47. The highest BCUT2D eigenvalue weighted by Gasteiger charge is 2.35. The first-order valence-electron chi connectivity index (χ1n) is 8.87. The predicted molar refractivity (Wildman–Crippen MR) is 96.7 cm³/mol. The summed E-state index contributed by atoms with van der Waals surface area (Å²) in [4.78, 5) is 19.3. The SMILES string of the molecule is COc1c(C)cnc(CN(C)C(=O)[C@@H]2CCCO[C@H]2c2cn[nH]c2)c1C. The maximum Gasteiger partial charge on any atom is 0.228 e. The number of amides is 1. The monoisotopic (exact) mass is 358 g/mol. The average molecular weight is 358 g/mol. The molecule has 26 heavy (non-hydrogen) atoms. The van der Waals surface area contributed by atoms with Crippen molar-refractivity contribution in [3.63, 3.8) is 0 Å². The van der Waals surface area contributed by atoms with Gasteiger partial charge in [0.25, 0.3) is 0 Å². The Kier molecular flexibility index (Phi) is 5.56. The van der Waals surface area contributed by atoms with Gasteiger partial charge >= 0.3 is 0 Å². The smallest absolute Gasteiger partial charge is 0.228 e. The van der Waals surface area contributed by atoms with E-state index in [1.54, 1.807) is 30.6 Å². The second kappa shape index (κ2) is 7.86. The average Bonchev–Trinajstić information content (AvgIpc) is 3.18. The number of aryl methyl sites for hydroxylation is 1. The molecular formula is C19H26N4O3. The van der Waals surface area contributed by atoms with Crippen molar-refractivity contribution >= 4 is 5.91 Å². The maximum absolute atomic E-state index is 13.1. The van der Waals surface area contributed by atoms with Crippen molar-refractivity contribution in [3.05, 3.63) is 41.0 Å². The number of methoxy groups -OCH3 is 1. The van der Waals surface area contributed by atoms with Gasteiger partial charge < -0.3 is 14.4 Å². The zero-order valence-corrected chi connectivity index (χ0v) is 15.8. The van der Waals surface area contributed by atoms with Crippen LogP contribution in [0, 0.1) is 19.8 Å². The molecule has 0 bridgehead atoms. The summed E-state index contributed by atoms with van der Waals surface area (Å²) < 4.78 is 11.4. The van der Waals surface area contributed by atoms with Gasteiger partial charge in [0.15, 0.2) is 0 Å². The van der Waals surface area contributed by atoms with E-state index in [-0.39, 0.29) is 17.9 Å². The maximum atomic E-state index is 13.1. The Labute approximate surface area is 153 Å². The Morgan fingerprint density at radius 2 is 2.23 bits per heavy atom. The van der Waals surface area contributed by atoms with Crippen LogP contribution < -0.4 is 4.74 Å². The van der Waals surface area contributed by atoms with Crippen molar-refractivity contribution in [1.82, 2.24) is 20.1 Å². The van der Waals surface area contributed by atoms with Gasteiger partial charge in [0.1, 0.15) is 5.75 Å². The zero-order chi connectivity index (χ0) is 18.7. The Morgan fingerprint density at radius 1 is 1.42 bits per heavy atom. The quantitative estimate of drug-likeness (QED) is 0.888. The minimum Gasteiger partial charge on any atom is -0.496 e. The number of aromatic nitrogens is 3. The largest absolute Gasteiger partial charge is 0.496 e. The zero-order valence-electron chi connectivity index (χ0n) is 15.8. The molecule has 140 valence electrons. The number of H-pyrrole nitrogens is 1. The van der Waals surface area contributed by atoms with Crippen LogP contribution in [0.5, 0.6) is 5.75 Å². The van der Waals surface area contributed by atoms with Gasteiger partial charge in [-0.15, -0.1) is 0 Å². The summed E-state index contributed by atoms with van der Waals surface area (Å²) >= 11 is 0. The molecule has 1 amide bonds. The third-order valence-electron chi connectivity index (χ3n) is 5.00. The molecule has 3 heterocycles. The fraction of sp³-hybridized carbons (Fsp3) is 0.526. The molecule has 1 saturated heterocycles. The van der Waals surface area contributed by atoms with E-state index < -0.39 is 0 Å². The molecule has 0 saturated carbocycles. The number of hydrogen-bond acceptors (Lipinski definition) is 5. The van der Waals surface area contributed by atoms with Crippen LogP contribution >= 0.6 is 0 Å². The molecule has 7 heteroatoms. The first-order chi connectivity index (χ1) is 12.5. The molecule has 0 aliphatic carbocycles. The summed E-state index contributed by atoms with van der Waals surface area (Å²) in [5.41, 5.74) is 3.73. The van der Waals surface area contributed by atoms with Crippen molar-refractivity contribution in [1.29, 1.82) is 0 Å². The fourth-order valence-corrected chi connectivity index (χ4v) is 3.60. The molecule has 1 aliphatic heterocycles. The van der Waals surface area contributed by atoms with Crippen LogP contribution in [-0.2, 0) is 16.1 Å². The van der Waals surface area contributed by atoms with Crippen LogP contribution in [0.25, 0.3) is 0 Å². The van der Waals surface area contributed by atoms with E-state index in [9.17, 15) is 4.79 Å². The number of ether oxygens (including phenoxy) is 2. The molecule has 1 N–H and O–H groups in total. The van der Waals surface area contributed by atoms with Crippen molar-refractivity contribution in [2.24, 2.45) is 5.92 Å². The first-order valence-corrected chi connectivity index (χ1v) is 8.87. The van der Waals surface area contributed by atoms with E-state index in [4.69, 9.17) is 9.47 Å². The number of nitrogens with one attached hydrogen (secondary N) is 1. The molecule has 2 aromatic rings. The Morgan fingerprint density at radius 3 is 2.92 bits per heavy atom. The lowest BCUT2D eigenvalue weighted by Crippen LogP contribution is -2.38. The Bertz CT molecular complexity index is 760. The lowest BCUT2D eigenvalue weighted by atomic mass is 9.89. The normalized spacial score (nSPS) is 20.0. The molecule has 3 rings (SSSR count). The van der Waals surface area contributed by atoms with E-state index in [1.165, 1.54) is 0 Å². The molecule has 0 aromatic carbocycles. The van der Waals surface area contributed by atoms with Gasteiger partial charge in [0.05, 0.1) is 37.6 Å². The van der Waals surface area contributed by atoms with Crippen LogP contribution in [0.2, 0.25) is 0 Å². The summed E-state index contributed by atoms with van der Waals surface area (Å²) in [6.45, 7) is 5.05. The molecule has 2 atom stereocenters. The second-order valence-electron chi connectivity index (χ2n) is 6.81. The molecule has 0 radical (unpaired) electrons. The summed E-state index contributed by atoms with van der Waals surface area (Å²) in [6, 6.07) is 0.